The second-order valence-electron chi connectivity index (χ2n) is 2.20. The Hall–Kier alpha value is 1.85. The monoisotopic (exact) mass is 460 g/mol. The minimum absolute atomic E-state index is 0. The summed E-state index contributed by atoms with van der Waals surface area (Å²) in [5.41, 5.74) is 0. The van der Waals surface area contributed by atoms with Gasteiger partial charge in [0, 0.05) is 23.9 Å². The summed E-state index contributed by atoms with van der Waals surface area (Å²) in [5.74, 6) is -4.33. The Morgan fingerprint density at radius 2 is 0.652 bits per heavy atom. The molecule has 0 aromatic carbocycles. The first-order valence-electron chi connectivity index (χ1n) is 4.16. The number of rotatable bonds is 0. The molecule has 0 amide bonds. The molecule has 0 aliphatic carbocycles. The van der Waals surface area contributed by atoms with Gasteiger partial charge in [-0.05, 0) is 27.7 Å². The molecule has 0 saturated carbocycles. The number of hydrogen-bond acceptors (Lipinski definition) is 9. The molecule has 0 rings (SSSR count). The predicted molar refractivity (Wildman–Crippen MR) is 56.1 cm³/mol. The first kappa shape index (κ1) is 49.8. The van der Waals surface area contributed by atoms with Crippen LogP contribution in [-0.4, -0.2) is 37.2 Å². The average molecular weight is 462 g/mol. The van der Waals surface area contributed by atoms with E-state index in [0.29, 0.717) is 0 Å². The van der Waals surface area contributed by atoms with E-state index in [2.05, 4.69) is 0 Å². The van der Waals surface area contributed by atoms with Gasteiger partial charge in [-0.2, -0.15) is 4.21 Å². The smallest absolute Gasteiger partial charge is 0.550 e. The van der Waals surface area contributed by atoms with Crippen LogP contribution >= 0.6 is 0 Å². The third-order valence-electron chi connectivity index (χ3n) is 0. The average Bonchev–Trinajstić information content (AvgIpc) is 1.94. The quantitative estimate of drug-likeness (QED) is 0.254. The van der Waals surface area contributed by atoms with Gasteiger partial charge in [0.15, 0.2) is 0 Å². The summed E-state index contributed by atoms with van der Waals surface area (Å²) in [6, 6.07) is 0. The standard InChI is InChI=1S/4C2H4O2.2K.H2O3S.Zn/c4*1-2(3)4;;;1-4(2)3;/h4*1H3,(H,3,4);;;(H2,1,2,3);/q;;;;2*+1;;+2/p-4. The normalized spacial score (nSPS) is 5.87. The van der Waals surface area contributed by atoms with Crippen molar-refractivity contribution in [3.63, 3.8) is 0 Å². The van der Waals surface area contributed by atoms with Gasteiger partial charge in [-0.1, -0.05) is 0 Å². The Kier molecular flexibility index (Phi) is 94.9. The van der Waals surface area contributed by atoms with E-state index in [1.54, 1.807) is 0 Å². The van der Waals surface area contributed by atoms with Crippen LogP contribution in [-0.2, 0) is 50.0 Å². The van der Waals surface area contributed by atoms with E-state index >= 15 is 0 Å². The molecule has 0 bridgehead atoms. The molecule has 0 heterocycles. The number of aliphatic carboxylic acids is 4. The predicted octanol–water partition coefficient (Wildman–Crippen LogP) is -11.3. The molecule has 0 aliphatic rings. The Morgan fingerprint density at radius 1 is 0.652 bits per heavy atom. The topological polar surface area (TPSA) is 218 Å². The number of carboxylic acids is 4. The summed E-state index contributed by atoms with van der Waals surface area (Å²) in [6.45, 7) is 3.89. The van der Waals surface area contributed by atoms with Gasteiger partial charge in [0.1, 0.15) is 0 Å². The van der Waals surface area contributed by atoms with Crippen LogP contribution in [0, 0.1) is 0 Å². The zero-order valence-electron chi connectivity index (χ0n) is 13.7. The Morgan fingerprint density at radius 3 is 0.652 bits per heavy atom. The van der Waals surface area contributed by atoms with Crippen molar-refractivity contribution in [1.29, 1.82) is 0 Å². The molecule has 0 aliphatic heterocycles. The first-order valence-corrected chi connectivity index (χ1v) is 5.23. The summed E-state index contributed by atoms with van der Waals surface area (Å²) >= 11 is -2.61. The molecule has 0 unspecified atom stereocenters. The minimum atomic E-state index is -2.61. The Labute approximate surface area is 233 Å². The molecule has 11 nitrogen and oxygen atoms in total. The molecule has 0 spiro atoms. The summed E-state index contributed by atoms with van der Waals surface area (Å²) in [6.07, 6.45) is 0. The number of carbonyl (C=O) groups excluding carboxylic acids is 4. The zero-order chi connectivity index (χ0) is 17.9. The fourth-order valence-electron chi connectivity index (χ4n) is 0. The van der Waals surface area contributed by atoms with Crippen LogP contribution < -0.4 is 123 Å². The van der Waals surface area contributed by atoms with Crippen LogP contribution in [0.4, 0.5) is 0 Å². The van der Waals surface area contributed by atoms with Crippen LogP contribution in [0.1, 0.15) is 27.7 Å². The molecule has 122 valence electrons. The minimum Gasteiger partial charge on any atom is -0.550 e. The molecule has 15 heteroatoms. The van der Waals surface area contributed by atoms with Crippen molar-refractivity contribution in [3.05, 3.63) is 0 Å². The molecule has 0 saturated heterocycles. The molecule has 2 N–H and O–H groups in total. The van der Waals surface area contributed by atoms with Gasteiger partial charge in [0.05, 0.1) is 0 Å². The van der Waals surface area contributed by atoms with Crippen LogP contribution in [0.2, 0.25) is 0 Å². The Bertz CT molecular complexity index is 225. The number of carboxylic acid groups (broad SMARTS) is 4. The van der Waals surface area contributed by atoms with Gasteiger partial charge in [0.25, 0.3) is 11.4 Å². The van der Waals surface area contributed by atoms with E-state index in [4.69, 9.17) is 52.9 Å². The van der Waals surface area contributed by atoms with Gasteiger partial charge >= 0.3 is 122 Å². The van der Waals surface area contributed by atoms with Gasteiger partial charge in [-0.15, -0.1) is 0 Å². The van der Waals surface area contributed by atoms with Crippen molar-refractivity contribution < 1.29 is 175 Å². The molecular formula is C8H14K2O11SZn. The van der Waals surface area contributed by atoms with Crippen LogP contribution in [0.25, 0.3) is 0 Å². The van der Waals surface area contributed by atoms with Crippen molar-refractivity contribution in [1.82, 2.24) is 0 Å². The van der Waals surface area contributed by atoms with Crippen LogP contribution in [0.3, 0.4) is 0 Å². The molecule has 0 aromatic heterocycles. The second kappa shape index (κ2) is 43.9. The molecule has 0 aromatic rings. The first-order chi connectivity index (χ1) is 8.66. The summed E-state index contributed by atoms with van der Waals surface area (Å²) < 4.78 is 22.8. The molecular weight excluding hydrogens is 448 g/mol. The molecule has 0 atom stereocenters. The summed E-state index contributed by atoms with van der Waals surface area (Å²) in [4.78, 5) is 35.6. The van der Waals surface area contributed by atoms with Gasteiger partial charge in [0.2, 0.25) is 0 Å². The van der Waals surface area contributed by atoms with Gasteiger partial charge in [-0.3, -0.25) is 9.11 Å². The molecule has 23 heavy (non-hydrogen) atoms. The third kappa shape index (κ3) is 3340. The third-order valence-corrected chi connectivity index (χ3v) is 0. The van der Waals surface area contributed by atoms with E-state index < -0.39 is 35.2 Å². The number of hydrogen-bond donors (Lipinski definition) is 2. The van der Waals surface area contributed by atoms with Crippen molar-refractivity contribution in [2.24, 2.45) is 0 Å². The maximum atomic E-state index is 8.89. The number of carbonyl (C=O) groups is 4. The van der Waals surface area contributed by atoms with E-state index in [0.717, 1.165) is 27.7 Å². The SMILES string of the molecule is CC(=O)[O-].CC(=O)[O-].CC(=O)[O-].CC(=O)[O-].O=S(O)O.[K+].[K+].[Zn+2]. The van der Waals surface area contributed by atoms with Gasteiger partial charge in [-0.25, -0.2) is 0 Å². The summed E-state index contributed by atoms with van der Waals surface area (Å²) in [5, 5.41) is 35.6. The van der Waals surface area contributed by atoms with E-state index in [9.17, 15) is 0 Å². The van der Waals surface area contributed by atoms with Crippen LogP contribution in [0.15, 0.2) is 0 Å². The fourth-order valence-corrected chi connectivity index (χ4v) is 0. The summed E-state index contributed by atoms with van der Waals surface area (Å²) in [7, 11) is 0. The largest absolute Gasteiger partial charge is 2.00 e. The van der Waals surface area contributed by atoms with Gasteiger partial charge < -0.3 is 39.6 Å². The molecule has 0 radical (unpaired) electrons. The maximum absolute atomic E-state index is 8.89. The molecule has 0 fully saturated rings. The van der Waals surface area contributed by atoms with Crippen molar-refractivity contribution in [2.45, 2.75) is 27.7 Å². The van der Waals surface area contributed by atoms with E-state index in [-0.39, 0.29) is 122 Å². The van der Waals surface area contributed by atoms with Crippen LogP contribution in [0.5, 0.6) is 0 Å². The van der Waals surface area contributed by atoms with Crippen molar-refractivity contribution in [3.8, 4) is 0 Å². The second-order valence-corrected chi connectivity index (χ2v) is 2.66. The van der Waals surface area contributed by atoms with E-state index in [1.165, 1.54) is 0 Å². The van der Waals surface area contributed by atoms with E-state index in [1.807, 2.05) is 0 Å². The van der Waals surface area contributed by atoms with Crippen molar-refractivity contribution in [2.75, 3.05) is 0 Å². The fraction of sp³-hybridized carbons (Fsp3) is 0.500. The Balaban J connectivity index is -0.0000000197. The van der Waals surface area contributed by atoms with Crippen molar-refractivity contribution >= 4 is 35.2 Å². The zero-order valence-corrected chi connectivity index (χ0v) is 23.7. The maximum Gasteiger partial charge on any atom is 2.00 e.